The number of benzene rings is 2. The molecule has 0 amide bonds. The van der Waals surface area contributed by atoms with Crippen molar-refractivity contribution in [3.63, 3.8) is 0 Å². The number of rotatable bonds is 7. The average Bonchev–Trinajstić information content (AvgIpc) is 3.59. The Kier molecular flexibility index (Phi) is 7.45. The van der Waals surface area contributed by atoms with Crippen LogP contribution in [0, 0.1) is 25.2 Å². The third kappa shape index (κ3) is 5.01. The first-order chi connectivity index (χ1) is 20.9. The molecule has 1 N–H and O–H groups in total. The molecular formula is C30H30N6O6S2. The Morgan fingerprint density at radius 3 is 2.43 bits per heavy atom. The summed E-state index contributed by atoms with van der Waals surface area (Å²) in [4.78, 5) is 20.4. The number of nitriles is 1. The molecule has 0 bridgehead atoms. The molecule has 2 aromatic carbocycles. The van der Waals surface area contributed by atoms with E-state index in [2.05, 4.69) is 9.97 Å². The molecule has 5 aromatic rings. The lowest BCUT2D eigenvalue weighted by molar-refractivity contribution is 0.0688. The number of hydrogen-bond donors (Lipinski definition) is 1. The number of hydrogen-bond acceptors (Lipinski definition) is 8. The molecule has 12 nitrogen and oxygen atoms in total. The van der Waals surface area contributed by atoms with E-state index in [4.69, 9.17) is 4.74 Å². The third-order valence-electron chi connectivity index (χ3n) is 7.90. The topological polar surface area (TPSA) is 160 Å². The normalized spacial score (nSPS) is 14.9. The second kappa shape index (κ2) is 11.0. The quantitative estimate of drug-likeness (QED) is 0.284. The number of aromatic amines is 1. The fourth-order valence-electron chi connectivity index (χ4n) is 5.62. The highest BCUT2D eigenvalue weighted by molar-refractivity contribution is 7.90. The van der Waals surface area contributed by atoms with Gasteiger partial charge in [0.1, 0.15) is 28.0 Å². The van der Waals surface area contributed by atoms with Gasteiger partial charge in [0.05, 0.1) is 22.5 Å². The number of aromatic nitrogens is 4. The summed E-state index contributed by atoms with van der Waals surface area (Å²) < 4.78 is 64.8. The molecule has 6 rings (SSSR count). The molecule has 0 radical (unpaired) electrons. The summed E-state index contributed by atoms with van der Waals surface area (Å²) in [6.45, 7) is 4.43. The number of aryl methyl sites for hydroxylation is 2. The minimum Gasteiger partial charge on any atom is -0.381 e. The predicted molar refractivity (Wildman–Crippen MR) is 163 cm³/mol. The molecule has 44 heavy (non-hydrogen) atoms. The Hall–Kier alpha value is -4.29. The molecule has 1 fully saturated rings. The van der Waals surface area contributed by atoms with Crippen LogP contribution in [0.5, 0.6) is 0 Å². The molecule has 0 aliphatic carbocycles. The van der Waals surface area contributed by atoms with Crippen LogP contribution in [0.4, 0.5) is 0 Å². The Morgan fingerprint density at radius 2 is 1.75 bits per heavy atom. The van der Waals surface area contributed by atoms with Gasteiger partial charge in [0.25, 0.3) is 15.6 Å². The van der Waals surface area contributed by atoms with Crippen molar-refractivity contribution in [2.75, 3.05) is 20.3 Å². The molecular weight excluding hydrogens is 605 g/mol. The monoisotopic (exact) mass is 634 g/mol. The van der Waals surface area contributed by atoms with E-state index in [0.717, 1.165) is 13.8 Å². The van der Waals surface area contributed by atoms with E-state index in [9.17, 15) is 26.9 Å². The van der Waals surface area contributed by atoms with E-state index in [0.29, 0.717) is 42.5 Å². The van der Waals surface area contributed by atoms with E-state index < -0.39 is 20.0 Å². The lowest BCUT2D eigenvalue weighted by Gasteiger charge is -2.23. The number of H-pyrrole nitrogens is 1. The molecule has 1 aliphatic heterocycles. The maximum Gasteiger partial charge on any atom is 0.276 e. The van der Waals surface area contributed by atoms with Crippen LogP contribution in [-0.4, -0.2) is 59.9 Å². The lowest BCUT2D eigenvalue weighted by Crippen LogP contribution is -2.29. The van der Waals surface area contributed by atoms with Crippen LogP contribution >= 0.6 is 0 Å². The van der Waals surface area contributed by atoms with Gasteiger partial charge in [-0.25, -0.2) is 25.8 Å². The summed E-state index contributed by atoms with van der Waals surface area (Å²) in [7, 11) is -7.34. The van der Waals surface area contributed by atoms with Crippen LogP contribution in [0.25, 0.3) is 21.9 Å². The van der Waals surface area contributed by atoms with Gasteiger partial charge in [-0.05, 0) is 68.7 Å². The number of ether oxygens (including phenoxy) is 1. The maximum absolute atomic E-state index is 14.1. The van der Waals surface area contributed by atoms with Crippen molar-refractivity contribution in [3.8, 4) is 6.07 Å². The molecule has 0 atom stereocenters. The summed E-state index contributed by atoms with van der Waals surface area (Å²) >= 11 is 0. The minimum absolute atomic E-state index is 0.00455. The van der Waals surface area contributed by atoms with Crippen molar-refractivity contribution in [2.45, 2.75) is 49.1 Å². The van der Waals surface area contributed by atoms with Crippen molar-refractivity contribution in [1.29, 1.82) is 5.26 Å². The van der Waals surface area contributed by atoms with Crippen molar-refractivity contribution in [3.05, 3.63) is 87.7 Å². The van der Waals surface area contributed by atoms with E-state index in [-0.39, 0.29) is 50.5 Å². The molecule has 228 valence electrons. The first-order valence-corrected chi connectivity index (χ1v) is 16.8. The second-order valence-electron chi connectivity index (χ2n) is 11.0. The SMILES string of the molecule is Cc1ccc(S(=O)(=O)n2c(C#N)cc3cc(C)cc(S(=O)(=O)N(C)Cc4nc5ccn(C6CCOCC6)c(=O)c5[nH]4)c32)cc1. The van der Waals surface area contributed by atoms with Crippen LogP contribution in [0.3, 0.4) is 0 Å². The van der Waals surface area contributed by atoms with Crippen LogP contribution in [0.15, 0.2) is 69.3 Å². The number of fused-ring (bicyclic) bond motifs is 2. The summed E-state index contributed by atoms with van der Waals surface area (Å²) in [6, 6.07) is 14.1. The fraction of sp³-hybridized carbons (Fsp3) is 0.300. The van der Waals surface area contributed by atoms with Crippen LogP contribution in [0.2, 0.25) is 0 Å². The summed E-state index contributed by atoms with van der Waals surface area (Å²) in [5.74, 6) is 0.247. The second-order valence-corrected chi connectivity index (χ2v) is 14.8. The Morgan fingerprint density at radius 1 is 1.05 bits per heavy atom. The van der Waals surface area contributed by atoms with Crippen LogP contribution < -0.4 is 5.56 Å². The zero-order chi connectivity index (χ0) is 31.4. The number of nitrogens with zero attached hydrogens (tertiary/aromatic N) is 5. The number of imidazole rings is 1. The molecule has 14 heteroatoms. The third-order valence-corrected chi connectivity index (χ3v) is 11.4. The van der Waals surface area contributed by atoms with Crippen LogP contribution in [-0.2, 0) is 31.3 Å². The standard InChI is InChI=1S/C30H30N6O6S2/c1-19-4-6-24(7-5-19)43(38,39)36-23(17-31)16-21-14-20(2)15-26(29(21)36)44(40,41)34(3)18-27-32-25-8-11-35(30(37)28(25)33-27)22-9-12-42-13-10-22/h4-8,11,14-16,22H,9-10,12-13,18H2,1-3H3,(H,32,33). The smallest absolute Gasteiger partial charge is 0.276 e. The van der Waals surface area contributed by atoms with Crippen molar-refractivity contribution < 1.29 is 21.6 Å². The Bertz CT molecular complexity index is 2240. The van der Waals surface area contributed by atoms with E-state index in [1.54, 1.807) is 42.0 Å². The van der Waals surface area contributed by atoms with Crippen LogP contribution in [0.1, 0.15) is 41.5 Å². The van der Waals surface area contributed by atoms with Gasteiger partial charge in [0.2, 0.25) is 10.0 Å². The van der Waals surface area contributed by atoms with Gasteiger partial charge in [-0.2, -0.15) is 9.57 Å². The molecule has 0 spiro atoms. The largest absolute Gasteiger partial charge is 0.381 e. The van der Waals surface area contributed by atoms with Gasteiger partial charge in [0, 0.05) is 37.9 Å². The highest BCUT2D eigenvalue weighted by Gasteiger charge is 2.32. The highest BCUT2D eigenvalue weighted by Crippen LogP contribution is 2.33. The predicted octanol–water partition coefficient (Wildman–Crippen LogP) is 3.58. The fourth-order valence-corrected chi connectivity index (χ4v) is 8.59. The summed E-state index contributed by atoms with van der Waals surface area (Å²) in [5.41, 5.74) is 1.50. The average molecular weight is 635 g/mol. The van der Waals surface area contributed by atoms with Gasteiger partial charge in [-0.15, -0.1) is 0 Å². The molecule has 3 aromatic heterocycles. The number of pyridine rings is 1. The van der Waals surface area contributed by atoms with E-state index in [1.807, 2.05) is 13.0 Å². The minimum atomic E-state index is -4.35. The van der Waals surface area contributed by atoms with E-state index >= 15 is 0 Å². The maximum atomic E-state index is 14.1. The molecule has 1 aliphatic rings. The van der Waals surface area contributed by atoms with Gasteiger partial charge < -0.3 is 14.3 Å². The summed E-state index contributed by atoms with van der Waals surface area (Å²) in [6.07, 6.45) is 3.13. The first kappa shape index (κ1) is 29.8. The first-order valence-electron chi connectivity index (χ1n) is 13.9. The van der Waals surface area contributed by atoms with Gasteiger partial charge in [0.15, 0.2) is 0 Å². The molecule has 0 saturated carbocycles. The number of nitrogens with one attached hydrogen (secondary N) is 1. The van der Waals surface area contributed by atoms with Crippen molar-refractivity contribution in [2.24, 2.45) is 0 Å². The number of sulfonamides is 1. The van der Waals surface area contributed by atoms with Crippen molar-refractivity contribution >= 4 is 42.0 Å². The molecule has 4 heterocycles. The Balaban J connectivity index is 1.42. The Labute approximate surface area is 254 Å². The molecule has 0 unspecified atom stereocenters. The zero-order valence-corrected chi connectivity index (χ0v) is 25.9. The molecule has 1 saturated heterocycles. The van der Waals surface area contributed by atoms with Gasteiger partial charge in [-0.1, -0.05) is 17.7 Å². The van der Waals surface area contributed by atoms with Gasteiger partial charge >= 0.3 is 0 Å². The van der Waals surface area contributed by atoms with E-state index in [1.165, 1.54) is 31.3 Å². The lowest BCUT2D eigenvalue weighted by atomic mass is 10.1. The highest BCUT2D eigenvalue weighted by atomic mass is 32.2. The van der Waals surface area contributed by atoms with Gasteiger partial charge in [-0.3, -0.25) is 4.79 Å². The zero-order valence-electron chi connectivity index (χ0n) is 24.3. The summed E-state index contributed by atoms with van der Waals surface area (Å²) in [5, 5.41) is 10.2. The van der Waals surface area contributed by atoms with Crippen molar-refractivity contribution in [1.82, 2.24) is 22.8 Å².